The molecule has 0 bridgehead atoms. The van der Waals surface area contributed by atoms with E-state index in [1.54, 1.807) is 42.7 Å². The molecule has 0 aliphatic carbocycles. The minimum absolute atomic E-state index is 0.0533. The number of ketones is 1. The van der Waals surface area contributed by atoms with Gasteiger partial charge in [0.15, 0.2) is 5.13 Å². The number of fused-ring (bicyclic) bond motifs is 1. The summed E-state index contributed by atoms with van der Waals surface area (Å²) < 4.78 is 6.46. The van der Waals surface area contributed by atoms with Gasteiger partial charge in [-0.05, 0) is 59.9 Å². The number of carbonyl (C=O) groups is 2. The minimum atomic E-state index is -0.919. The van der Waals surface area contributed by atoms with Crippen molar-refractivity contribution in [1.82, 2.24) is 9.97 Å². The molecule has 1 N–H and O–H groups in total. The molecule has 7 nitrogen and oxygen atoms in total. The number of aliphatic hydroxyl groups is 1. The zero-order valence-electron chi connectivity index (χ0n) is 21.4. The molecule has 2 aromatic carbocycles. The molecule has 1 aliphatic heterocycles. The molecule has 1 fully saturated rings. The van der Waals surface area contributed by atoms with Crippen LogP contribution in [0.1, 0.15) is 50.4 Å². The Labute approximate surface area is 229 Å². The first-order valence-corrected chi connectivity index (χ1v) is 13.3. The third kappa shape index (κ3) is 4.54. The molecule has 0 spiro atoms. The molecular formula is C29H26ClN3O4S. The first-order valence-electron chi connectivity index (χ1n) is 12.1. The average Bonchev–Trinajstić information content (AvgIpc) is 3.43. The molecule has 1 saturated heterocycles. The maximum atomic E-state index is 13.5. The molecular weight excluding hydrogens is 522 g/mol. The van der Waals surface area contributed by atoms with E-state index in [0.29, 0.717) is 33.6 Å². The van der Waals surface area contributed by atoms with Crippen LogP contribution in [0.25, 0.3) is 16.0 Å². The van der Waals surface area contributed by atoms with Crippen molar-refractivity contribution in [3.63, 3.8) is 0 Å². The van der Waals surface area contributed by atoms with E-state index in [4.69, 9.17) is 21.3 Å². The Hall–Kier alpha value is -3.75. The average molecular weight is 548 g/mol. The number of Topliss-reactive ketones (excluding diaryl/α,β-unsaturated/α-hetero) is 1. The van der Waals surface area contributed by atoms with Crippen LogP contribution >= 0.6 is 22.9 Å². The van der Waals surface area contributed by atoms with E-state index in [2.05, 4.69) is 31.8 Å². The Morgan fingerprint density at radius 3 is 2.63 bits per heavy atom. The van der Waals surface area contributed by atoms with E-state index in [1.807, 2.05) is 19.1 Å². The monoisotopic (exact) mass is 547 g/mol. The molecule has 1 aliphatic rings. The lowest BCUT2D eigenvalue weighted by molar-refractivity contribution is -0.132. The number of hydrogen-bond acceptors (Lipinski definition) is 7. The first-order chi connectivity index (χ1) is 18.1. The van der Waals surface area contributed by atoms with Gasteiger partial charge in [0.1, 0.15) is 11.5 Å². The number of nitrogens with zero attached hydrogens (tertiary/aromatic N) is 3. The van der Waals surface area contributed by atoms with E-state index in [-0.39, 0.29) is 16.7 Å². The van der Waals surface area contributed by atoms with E-state index in [1.165, 1.54) is 16.2 Å². The van der Waals surface area contributed by atoms with Crippen LogP contribution in [-0.4, -0.2) is 33.4 Å². The number of rotatable bonds is 5. The fraction of sp³-hybridized carbons (Fsp3) is 0.241. The molecule has 2 aromatic heterocycles. The van der Waals surface area contributed by atoms with Gasteiger partial charge in [-0.2, -0.15) is 0 Å². The van der Waals surface area contributed by atoms with E-state index >= 15 is 0 Å². The third-order valence-corrected chi connectivity index (χ3v) is 7.73. The lowest BCUT2D eigenvalue weighted by atomic mass is 9.87. The third-order valence-electron chi connectivity index (χ3n) is 6.40. The van der Waals surface area contributed by atoms with Gasteiger partial charge in [0.05, 0.1) is 33.5 Å². The van der Waals surface area contributed by atoms with E-state index in [0.717, 1.165) is 15.8 Å². The van der Waals surface area contributed by atoms with Crippen molar-refractivity contribution < 1.29 is 19.4 Å². The molecule has 5 rings (SSSR count). The summed E-state index contributed by atoms with van der Waals surface area (Å²) in [5.74, 6) is -1.53. The van der Waals surface area contributed by atoms with Crippen molar-refractivity contribution in [2.24, 2.45) is 0 Å². The predicted octanol–water partition coefficient (Wildman–Crippen LogP) is 6.67. The molecule has 38 heavy (non-hydrogen) atoms. The second-order valence-corrected chi connectivity index (χ2v) is 11.4. The molecule has 0 saturated carbocycles. The summed E-state index contributed by atoms with van der Waals surface area (Å²) in [4.78, 5) is 37.2. The highest BCUT2D eigenvalue weighted by Crippen LogP contribution is 2.45. The Morgan fingerprint density at radius 1 is 1.16 bits per heavy atom. The number of pyridine rings is 1. The van der Waals surface area contributed by atoms with Crippen molar-refractivity contribution in [3.8, 4) is 5.75 Å². The van der Waals surface area contributed by atoms with Gasteiger partial charge in [-0.15, -0.1) is 0 Å². The summed E-state index contributed by atoms with van der Waals surface area (Å²) in [6.07, 6.45) is 3.18. The number of thiazole rings is 1. The van der Waals surface area contributed by atoms with Crippen LogP contribution < -0.4 is 9.64 Å². The fourth-order valence-corrected chi connectivity index (χ4v) is 5.64. The van der Waals surface area contributed by atoms with Gasteiger partial charge in [0.2, 0.25) is 0 Å². The Bertz CT molecular complexity index is 1590. The molecule has 3 heterocycles. The molecule has 1 amide bonds. The van der Waals surface area contributed by atoms with Gasteiger partial charge in [0, 0.05) is 18.0 Å². The predicted molar refractivity (Wildman–Crippen MR) is 150 cm³/mol. The second-order valence-electron chi connectivity index (χ2n) is 9.96. The Morgan fingerprint density at radius 2 is 1.95 bits per heavy atom. The van der Waals surface area contributed by atoms with Crippen molar-refractivity contribution in [3.05, 3.63) is 88.2 Å². The maximum absolute atomic E-state index is 13.5. The summed E-state index contributed by atoms with van der Waals surface area (Å²) in [6, 6.07) is 13.3. The second kappa shape index (κ2) is 9.85. The molecule has 0 radical (unpaired) electrons. The van der Waals surface area contributed by atoms with Crippen molar-refractivity contribution in [2.45, 2.75) is 39.2 Å². The van der Waals surface area contributed by atoms with Crippen LogP contribution in [0.15, 0.2) is 66.5 Å². The van der Waals surface area contributed by atoms with Crippen LogP contribution in [0, 0.1) is 0 Å². The van der Waals surface area contributed by atoms with Crippen molar-refractivity contribution >= 4 is 55.7 Å². The summed E-state index contributed by atoms with van der Waals surface area (Å²) in [5.41, 5.74) is 2.63. The van der Waals surface area contributed by atoms with Crippen LogP contribution in [-0.2, 0) is 15.0 Å². The van der Waals surface area contributed by atoms with E-state index < -0.39 is 17.7 Å². The SMILES string of the molecule is CCOc1cc(/C(O)=C2\C(=O)C(=O)N(c3nc4ccc(C(C)(C)C)cc4s3)C2c2cccnc2)ccc1Cl. The number of aliphatic hydroxyl groups excluding tert-OH is 1. The lowest BCUT2D eigenvalue weighted by Crippen LogP contribution is -2.29. The number of amides is 1. The normalized spacial score (nSPS) is 17.4. The molecule has 4 aromatic rings. The maximum Gasteiger partial charge on any atom is 0.301 e. The van der Waals surface area contributed by atoms with Crippen LogP contribution in [0.2, 0.25) is 5.02 Å². The van der Waals surface area contributed by atoms with Gasteiger partial charge in [-0.1, -0.05) is 55.8 Å². The molecule has 194 valence electrons. The molecule has 1 atom stereocenters. The van der Waals surface area contributed by atoms with Gasteiger partial charge in [-0.3, -0.25) is 19.5 Å². The number of hydrogen-bond donors (Lipinski definition) is 1. The minimum Gasteiger partial charge on any atom is -0.507 e. The van der Waals surface area contributed by atoms with Gasteiger partial charge in [-0.25, -0.2) is 4.98 Å². The smallest absolute Gasteiger partial charge is 0.301 e. The van der Waals surface area contributed by atoms with Crippen LogP contribution in [0.5, 0.6) is 5.75 Å². The Kier molecular flexibility index (Phi) is 6.71. The summed E-state index contributed by atoms with van der Waals surface area (Å²) in [6.45, 7) is 8.58. The summed E-state index contributed by atoms with van der Waals surface area (Å²) >= 11 is 7.56. The zero-order valence-corrected chi connectivity index (χ0v) is 22.9. The number of aromatic nitrogens is 2. The number of anilines is 1. The highest BCUT2D eigenvalue weighted by atomic mass is 35.5. The van der Waals surface area contributed by atoms with Crippen molar-refractivity contribution in [2.75, 3.05) is 11.5 Å². The van der Waals surface area contributed by atoms with Gasteiger partial charge >= 0.3 is 5.91 Å². The zero-order chi connectivity index (χ0) is 27.2. The first kappa shape index (κ1) is 25.9. The summed E-state index contributed by atoms with van der Waals surface area (Å²) in [5, 5.41) is 12.1. The van der Waals surface area contributed by atoms with Gasteiger partial charge in [0.25, 0.3) is 5.78 Å². The highest BCUT2D eigenvalue weighted by Gasteiger charge is 2.48. The number of halogens is 1. The van der Waals surface area contributed by atoms with Crippen molar-refractivity contribution in [1.29, 1.82) is 0 Å². The fourth-order valence-electron chi connectivity index (χ4n) is 4.44. The molecule has 1 unspecified atom stereocenters. The number of carbonyl (C=O) groups excluding carboxylic acids is 2. The number of benzene rings is 2. The Balaban J connectivity index is 1.68. The quantitative estimate of drug-likeness (QED) is 0.170. The van der Waals surface area contributed by atoms with Crippen LogP contribution in [0.4, 0.5) is 5.13 Å². The highest BCUT2D eigenvalue weighted by molar-refractivity contribution is 7.22. The lowest BCUT2D eigenvalue weighted by Gasteiger charge is -2.22. The molecule has 9 heteroatoms. The number of ether oxygens (including phenoxy) is 1. The standard InChI is InChI=1S/C29H26ClN3O4S/c1-5-37-21-13-16(8-10-19(21)30)25(34)23-24(17-7-6-12-31-15-17)33(27(36)26(23)35)28-32-20-11-9-18(29(2,3)4)14-22(20)38-28/h6-15,24,34H,5H2,1-4H3/b25-23+. The largest absolute Gasteiger partial charge is 0.507 e. The van der Waals surface area contributed by atoms with Crippen LogP contribution in [0.3, 0.4) is 0 Å². The summed E-state index contributed by atoms with van der Waals surface area (Å²) in [7, 11) is 0. The topological polar surface area (TPSA) is 92.6 Å². The van der Waals surface area contributed by atoms with Gasteiger partial charge < -0.3 is 9.84 Å². The van der Waals surface area contributed by atoms with E-state index in [9.17, 15) is 14.7 Å².